The fraction of sp³-hybridized carbons (Fsp3) is 0.0417. The minimum Gasteiger partial charge on any atom is -0.289 e. The Bertz CT molecular complexity index is 1460. The Labute approximate surface area is 179 Å². The Hall–Kier alpha value is -3.15. The van der Waals surface area contributed by atoms with Crippen LogP contribution in [0.25, 0.3) is 21.9 Å². The average molecular weight is 434 g/mol. The van der Waals surface area contributed by atoms with Gasteiger partial charge in [-0.1, -0.05) is 65.7 Å². The first-order valence-electron chi connectivity index (χ1n) is 9.35. The molecule has 0 atom stereocenters. The molecule has 0 fully saturated rings. The maximum Gasteiger partial charge on any atom is 0.261 e. The number of anilines is 1. The molecule has 1 aliphatic rings. The van der Waals surface area contributed by atoms with E-state index in [0.29, 0.717) is 33.0 Å². The van der Waals surface area contributed by atoms with Crippen LogP contribution < -0.4 is 4.72 Å². The van der Waals surface area contributed by atoms with Gasteiger partial charge in [0.05, 0.1) is 15.6 Å². The fourth-order valence-corrected chi connectivity index (χ4v) is 5.28. The van der Waals surface area contributed by atoms with Crippen LogP contribution in [-0.4, -0.2) is 14.2 Å². The quantitative estimate of drug-likeness (QED) is 0.390. The summed E-state index contributed by atoms with van der Waals surface area (Å²) in [5.41, 5.74) is 3.57. The molecule has 30 heavy (non-hydrogen) atoms. The molecule has 0 radical (unpaired) electrons. The molecule has 0 bridgehead atoms. The van der Waals surface area contributed by atoms with Crippen molar-refractivity contribution < 1.29 is 13.2 Å². The third-order valence-corrected chi connectivity index (χ3v) is 7.07. The van der Waals surface area contributed by atoms with Crippen LogP contribution >= 0.6 is 11.6 Å². The Morgan fingerprint density at radius 3 is 2.27 bits per heavy atom. The molecule has 148 valence electrons. The van der Waals surface area contributed by atoms with E-state index in [2.05, 4.69) is 4.72 Å². The molecular weight excluding hydrogens is 418 g/mol. The van der Waals surface area contributed by atoms with E-state index in [1.165, 1.54) is 0 Å². The van der Waals surface area contributed by atoms with Crippen LogP contribution in [0.4, 0.5) is 5.69 Å². The number of sulfonamides is 1. The predicted molar refractivity (Wildman–Crippen MR) is 120 cm³/mol. The van der Waals surface area contributed by atoms with Crippen LogP contribution in [-0.2, 0) is 10.0 Å². The number of ketones is 1. The number of hydrogen-bond donors (Lipinski definition) is 1. The number of carbonyl (C=O) groups is 1. The molecule has 0 aliphatic heterocycles. The number of hydrogen-bond acceptors (Lipinski definition) is 3. The standard InChI is InChI=1S/C24H16ClNO3S/c1-14-8-11-16(12-9-14)30(28,29)26-20-13-10-15-4-2-6-18-21(15)23(20)17-5-3-7-19(25)22(17)24(18)27/h2-13,26H,1H3. The topological polar surface area (TPSA) is 63.2 Å². The highest BCUT2D eigenvalue weighted by Crippen LogP contribution is 2.45. The molecule has 4 nitrogen and oxygen atoms in total. The second-order valence-electron chi connectivity index (χ2n) is 7.30. The van der Waals surface area contributed by atoms with Crippen molar-refractivity contribution >= 4 is 43.9 Å². The number of fused-ring (bicyclic) bond motifs is 2. The van der Waals surface area contributed by atoms with Gasteiger partial charge in [0.1, 0.15) is 0 Å². The number of halogens is 1. The maximum atomic E-state index is 13.1. The van der Waals surface area contributed by atoms with Gasteiger partial charge in [-0.3, -0.25) is 9.52 Å². The van der Waals surface area contributed by atoms with Gasteiger partial charge in [0.25, 0.3) is 10.0 Å². The van der Waals surface area contributed by atoms with Crippen molar-refractivity contribution in [2.24, 2.45) is 0 Å². The maximum absolute atomic E-state index is 13.1. The molecule has 1 aliphatic carbocycles. The Morgan fingerprint density at radius 2 is 1.50 bits per heavy atom. The third-order valence-electron chi connectivity index (χ3n) is 5.38. The SMILES string of the molecule is Cc1ccc(S(=O)(=O)Nc2ccc3cccc4c3c2-c2cccc(Cl)c2C4=O)cc1. The molecule has 1 N–H and O–H groups in total. The van der Waals surface area contributed by atoms with E-state index in [-0.39, 0.29) is 10.7 Å². The molecule has 0 aromatic heterocycles. The van der Waals surface area contributed by atoms with Gasteiger partial charge in [0, 0.05) is 22.1 Å². The second-order valence-corrected chi connectivity index (χ2v) is 9.39. The molecule has 5 rings (SSSR count). The number of rotatable bonds is 3. The van der Waals surface area contributed by atoms with Crippen molar-refractivity contribution in [1.82, 2.24) is 0 Å². The normalized spacial score (nSPS) is 12.7. The van der Waals surface area contributed by atoms with Crippen molar-refractivity contribution in [1.29, 1.82) is 0 Å². The number of benzene rings is 4. The van der Waals surface area contributed by atoms with E-state index < -0.39 is 10.0 Å². The Kier molecular flexibility index (Phi) is 4.20. The van der Waals surface area contributed by atoms with Crippen molar-refractivity contribution in [2.75, 3.05) is 4.72 Å². The lowest BCUT2D eigenvalue weighted by molar-refractivity contribution is 0.104. The van der Waals surface area contributed by atoms with Crippen LogP contribution in [0.5, 0.6) is 0 Å². The lowest BCUT2D eigenvalue weighted by Gasteiger charge is -2.23. The highest BCUT2D eigenvalue weighted by atomic mass is 35.5. The average Bonchev–Trinajstić information content (AvgIpc) is 2.72. The number of aryl methyl sites for hydroxylation is 1. The molecule has 0 saturated carbocycles. The largest absolute Gasteiger partial charge is 0.289 e. The van der Waals surface area contributed by atoms with Crippen molar-refractivity contribution in [3.05, 3.63) is 94.5 Å². The zero-order chi connectivity index (χ0) is 21.0. The summed E-state index contributed by atoms with van der Waals surface area (Å²) in [5, 5.41) is 1.93. The van der Waals surface area contributed by atoms with Crippen LogP contribution in [0.15, 0.2) is 77.7 Å². The molecule has 0 amide bonds. The van der Waals surface area contributed by atoms with Gasteiger partial charge in [-0.2, -0.15) is 0 Å². The predicted octanol–water partition coefficient (Wildman–Crippen LogP) is 5.81. The molecule has 6 heteroatoms. The van der Waals surface area contributed by atoms with E-state index in [1.54, 1.807) is 54.6 Å². The van der Waals surface area contributed by atoms with Gasteiger partial charge >= 0.3 is 0 Å². The van der Waals surface area contributed by atoms with Gasteiger partial charge in [0.15, 0.2) is 5.78 Å². The van der Waals surface area contributed by atoms with Crippen molar-refractivity contribution in [2.45, 2.75) is 11.8 Å². The summed E-state index contributed by atoms with van der Waals surface area (Å²) in [5.74, 6) is -0.160. The molecule has 0 spiro atoms. The lowest BCUT2D eigenvalue weighted by Crippen LogP contribution is -2.16. The van der Waals surface area contributed by atoms with E-state index in [9.17, 15) is 13.2 Å². The second kappa shape index (κ2) is 6.69. The highest BCUT2D eigenvalue weighted by molar-refractivity contribution is 7.92. The fourth-order valence-electron chi connectivity index (χ4n) is 3.95. The summed E-state index contributed by atoms with van der Waals surface area (Å²) >= 11 is 6.38. The molecular formula is C24H16ClNO3S. The van der Waals surface area contributed by atoms with Crippen LogP contribution in [0.1, 0.15) is 21.5 Å². The first-order chi connectivity index (χ1) is 14.4. The summed E-state index contributed by atoms with van der Waals surface area (Å²) in [7, 11) is -3.81. The summed E-state index contributed by atoms with van der Waals surface area (Å²) in [4.78, 5) is 13.3. The van der Waals surface area contributed by atoms with Gasteiger partial charge in [0.2, 0.25) is 0 Å². The van der Waals surface area contributed by atoms with Gasteiger partial charge < -0.3 is 0 Å². The smallest absolute Gasteiger partial charge is 0.261 e. The Balaban J connectivity index is 1.78. The van der Waals surface area contributed by atoms with Gasteiger partial charge in [-0.25, -0.2) is 8.42 Å². The minimum absolute atomic E-state index is 0.160. The summed E-state index contributed by atoms with van der Waals surface area (Å²) in [6.07, 6.45) is 0. The van der Waals surface area contributed by atoms with Crippen molar-refractivity contribution in [3.63, 3.8) is 0 Å². The first-order valence-corrected chi connectivity index (χ1v) is 11.2. The lowest BCUT2D eigenvalue weighted by atomic mass is 9.82. The number of carbonyl (C=O) groups excluding carboxylic acids is 1. The van der Waals surface area contributed by atoms with E-state index >= 15 is 0 Å². The molecule has 0 heterocycles. The minimum atomic E-state index is -3.81. The zero-order valence-corrected chi connectivity index (χ0v) is 17.5. The summed E-state index contributed by atoms with van der Waals surface area (Å²) in [6, 6.07) is 20.9. The van der Waals surface area contributed by atoms with Crippen LogP contribution in [0.3, 0.4) is 0 Å². The first kappa shape index (κ1) is 18.9. The monoisotopic (exact) mass is 433 g/mol. The molecule has 0 unspecified atom stereocenters. The summed E-state index contributed by atoms with van der Waals surface area (Å²) < 4.78 is 28.8. The Morgan fingerprint density at radius 1 is 0.800 bits per heavy atom. The highest BCUT2D eigenvalue weighted by Gasteiger charge is 2.30. The molecule has 4 aromatic carbocycles. The zero-order valence-electron chi connectivity index (χ0n) is 15.9. The van der Waals surface area contributed by atoms with Gasteiger partial charge in [-0.15, -0.1) is 0 Å². The molecule has 0 saturated heterocycles. The van der Waals surface area contributed by atoms with Gasteiger partial charge in [-0.05, 0) is 42.1 Å². The third kappa shape index (κ3) is 2.82. The van der Waals surface area contributed by atoms with E-state index in [1.807, 2.05) is 25.1 Å². The number of nitrogens with one attached hydrogen (secondary N) is 1. The summed E-state index contributed by atoms with van der Waals surface area (Å²) in [6.45, 7) is 1.90. The van der Waals surface area contributed by atoms with E-state index in [4.69, 9.17) is 11.6 Å². The van der Waals surface area contributed by atoms with E-state index in [0.717, 1.165) is 16.3 Å². The van der Waals surface area contributed by atoms with Crippen LogP contribution in [0, 0.1) is 6.92 Å². The van der Waals surface area contributed by atoms with Crippen molar-refractivity contribution in [3.8, 4) is 11.1 Å². The van der Waals surface area contributed by atoms with Crippen LogP contribution in [0.2, 0.25) is 5.02 Å². The molecule has 4 aromatic rings.